The molecule has 0 bridgehead atoms. The van der Waals surface area contributed by atoms with E-state index >= 15 is 0 Å². The zero-order valence-electron chi connectivity index (χ0n) is 28.1. The predicted molar refractivity (Wildman–Crippen MR) is 190 cm³/mol. The van der Waals surface area contributed by atoms with Gasteiger partial charge in [-0.3, -0.25) is 9.59 Å². The lowest BCUT2D eigenvalue weighted by Gasteiger charge is -2.17. The molecule has 0 aliphatic carbocycles. The Hall–Kier alpha value is -6.03. The van der Waals surface area contributed by atoms with Crippen LogP contribution < -0.4 is 25.0 Å². The first-order chi connectivity index (χ1) is 23.7. The molecule has 10 nitrogen and oxygen atoms in total. The maximum absolute atomic E-state index is 12.8. The second-order valence-electron chi connectivity index (χ2n) is 11.3. The van der Waals surface area contributed by atoms with Crippen LogP contribution in [-0.4, -0.2) is 35.8 Å². The number of nitrogens with one attached hydrogen (secondary N) is 2. The summed E-state index contributed by atoms with van der Waals surface area (Å²) in [7, 11) is 0. The molecule has 0 aliphatic heterocycles. The Kier molecular flexibility index (Phi) is 11.3. The van der Waals surface area contributed by atoms with Crippen molar-refractivity contribution in [2.24, 2.45) is 5.10 Å². The Balaban J connectivity index is 1.18. The monoisotopic (exact) mass is 660 g/mol. The highest BCUT2D eigenvalue weighted by Gasteiger charge is 2.16. The molecular formula is C39H40N4O6. The van der Waals surface area contributed by atoms with Crippen LogP contribution >= 0.6 is 0 Å². The number of aryl methyl sites for hydroxylation is 3. The third kappa shape index (κ3) is 8.86. The molecule has 2 aromatic heterocycles. The fourth-order valence-electron chi connectivity index (χ4n) is 5.25. The van der Waals surface area contributed by atoms with Crippen LogP contribution in [0.3, 0.4) is 0 Å². The van der Waals surface area contributed by atoms with Gasteiger partial charge in [0.1, 0.15) is 18.1 Å². The van der Waals surface area contributed by atoms with Crippen LogP contribution in [0, 0.1) is 20.8 Å². The average molecular weight is 661 g/mol. The first kappa shape index (κ1) is 34.3. The van der Waals surface area contributed by atoms with Gasteiger partial charge < -0.3 is 28.5 Å². The van der Waals surface area contributed by atoms with Crippen molar-refractivity contribution in [2.75, 3.05) is 18.5 Å². The van der Waals surface area contributed by atoms with E-state index in [1.807, 2.05) is 68.4 Å². The predicted octanol–water partition coefficient (Wildman–Crippen LogP) is 7.48. The average Bonchev–Trinajstić information content (AvgIpc) is 3.71. The lowest BCUT2D eigenvalue weighted by atomic mass is 10.1. The summed E-state index contributed by atoms with van der Waals surface area (Å²) in [5.74, 6) is 1.35. The van der Waals surface area contributed by atoms with E-state index in [0.29, 0.717) is 41.6 Å². The van der Waals surface area contributed by atoms with Crippen molar-refractivity contribution in [3.05, 3.63) is 137 Å². The Morgan fingerprint density at radius 1 is 0.918 bits per heavy atom. The molecule has 10 heteroatoms. The molecule has 2 amide bonds. The van der Waals surface area contributed by atoms with Crippen LogP contribution in [0.1, 0.15) is 51.3 Å². The minimum absolute atomic E-state index is 0.0970. The van der Waals surface area contributed by atoms with Gasteiger partial charge in [-0.2, -0.15) is 5.10 Å². The molecule has 49 heavy (non-hydrogen) atoms. The number of rotatable bonds is 15. The molecule has 0 saturated heterocycles. The first-order valence-electron chi connectivity index (χ1n) is 15.9. The highest BCUT2D eigenvalue weighted by atomic mass is 16.5. The van der Waals surface area contributed by atoms with Crippen molar-refractivity contribution in [3.8, 4) is 22.9 Å². The van der Waals surface area contributed by atoms with Crippen molar-refractivity contribution in [1.82, 2.24) is 9.99 Å². The standard InChI is InChI=1S/C39H40N4O6/c1-6-10-30-21-29(22-36(46-7-2)38(30)48-25-37(44)41-34-12-9-8-11-26(34)3)23-40-42-39(45)35-20-19-33(49-35)24-47-32-17-15-31(16-18-32)43-27(4)13-14-28(43)5/h6,8-9,11-23H,1,7,10,24-25H2,2-5H3,(H,41,44)(H,42,45)/b40-23+. The van der Waals surface area contributed by atoms with Crippen molar-refractivity contribution < 1.29 is 28.2 Å². The molecule has 0 fully saturated rings. The molecule has 5 rings (SSSR count). The van der Waals surface area contributed by atoms with Crippen LogP contribution in [-0.2, 0) is 17.8 Å². The second-order valence-corrected chi connectivity index (χ2v) is 11.3. The third-order valence-corrected chi connectivity index (χ3v) is 7.60. The van der Waals surface area contributed by atoms with Crippen LogP contribution in [0.5, 0.6) is 17.2 Å². The number of allylic oxidation sites excluding steroid dienone is 1. The second kappa shape index (κ2) is 16.2. The van der Waals surface area contributed by atoms with Crippen molar-refractivity contribution in [3.63, 3.8) is 0 Å². The van der Waals surface area contributed by atoms with Crippen LogP contribution in [0.4, 0.5) is 5.69 Å². The molecular weight excluding hydrogens is 620 g/mol. The molecule has 0 radical (unpaired) electrons. The summed E-state index contributed by atoms with van der Waals surface area (Å²) in [4.78, 5) is 25.4. The molecule has 0 saturated carbocycles. The van der Waals surface area contributed by atoms with E-state index in [0.717, 1.165) is 33.9 Å². The van der Waals surface area contributed by atoms with E-state index in [1.54, 1.807) is 24.3 Å². The van der Waals surface area contributed by atoms with Gasteiger partial charge in [-0.1, -0.05) is 24.3 Å². The molecule has 2 N–H and O–H groups in total. The van der Waals surface area contributed by atoms with Gasteiger partial charge in [-0.25, -0.2) is 5.43 Å². The lowest BCUT2D eigenvalue weighted by Crippen LogP contribution is -2.21. The van der Waals surface area contributed by atoms with Crippen molar-refractivity contribution in [2.45, 2.75) is 40.7 Å². The minimum atomic E-state index is -0.514. The topological polar surface area (TPSA) is 116 Å². The number of nitrogens with zero attached hydrogens (tertiary/aromatic N) is 2. The highest BCUT2D eigenvalue weighted by Crippen LogP contribution is 2.34. The molecule has 5 aromatic rings. The van der Waals surface area contributed by atoms with E-state index in [9.17, 15) is 9.59 Å². The number of hydrogen-bond donors (Lipinski definition) is 2. The molecule has 0 spiro atoms. The quantitative estimate of drug-likeness (QED) is 0.0683. The number of carbonyl (C=O) groups is 2. The van der Waals surface area contributed by atoms with Crippen LogP contribution in [0.2, 0.25) is 0 Å². The maximum Gasteiger partial charge on any atom is 0.307 e. The molecule has 0 aliphatic rings. The van der Waals surface area contributed by atoms with Gasteiger partial charge in [0.05, 0.1) is 12.8 Å². The summed E-state index contributed by atoms with van der Waals surface area (Å²) < 4.78 is 25.6. The summed E-state index contributed by atoms with van der Waals surface area (Å²) >= 11 is 0. The van der Waals surface area contributed by atoms with Gasteiger partial charge in [-0.05, 0) is 112 Å². The normalized spacial score (nSPS) is 10.9. The SMILES string of the molecule is C=CCc1cc(/C=N/NC(=O)c2ccc(COc3ccc(-n4c(C)ccc4C)cc3)o2)cc(OCC)c1OCC(=O)Nc1ccccc1C. The lowest BCUT2D eigenvalue weighted by molar-refractivity contribution is -0.118. The van der Waals surface area contributed by atoms with Crippen LogP contribution in [0.15, 0.2) is 107 Å². The van der Waals surface area contributed by atoms with E-state index in [4.69, 9.17) is 18.6 Å². The summed E-state index contributed by atoms with van der Waals surface area (Å²) in [6.45, 7) is 12.1. The number of carbonyl (C=O) groups excluding carboxylic acids is 2. The number of furan rings is 1. The van der Waals surface area contributed by atoms with Crippen molar-refractivity contribution >= 4 is 23.7 Å². The molecule has 2 heterocycles. The van der Waals surface area contributed by atoms with Gasteiger partial charge >= 0.3 is 5.91 Å². The Bertz CT molecular complexity index is 1940. The van der Waals surface area contributed by atoms with Gasteiger partial charge in [0.15, 0.2) is 23.9 Å². The minimum Gasteiger partial charge on any atom is -0.490 e. The number of anilines is 1. The van der Waals surface area contributed by atoms with E-state index < -0.39 is 5.91 Å². The number of ether oxygens (including phenoxy) is 3. The van der Waals surface area contributed by atoms with Gasteiger partial charge in [0, 0.05) is 28.3 Å². The van der Waals surface area contributed by atoms with Crippen LogP contribution in [0.25, 0.3) is 5.69 Å². The zero-order valence-corrected chi connectivity index (χ0v) is 28.1. The Morgan fingerprint density at radius 2 is 1.67 bits per heavy atom. The number of hydrazone groups is 1. The number of para-hydroxylation sites is 1. The zero-order chi connectivity index (χ0) is 34.8. The van der Waals surface area contributed by atoms with E-state index in [-0.39, 0.29) is 24.9 Å². The smallest absolute Gasteiger partial charge is 0.307 e. The van der Waals surface area contributed by atoms with E-state index in [1.165, 1.54) is 6.21 Å². The van der Waals surface area contributed by atoms with Gasteiger partial charge in [0.25, 0.3) is 5.91 Å². The summed E-state index contributed by atoms with van der Waals surface area (Å²) in [6.07, 6.45) is 3.68. The van der Waals surface area contributed by atoms with Crippen molar-refractivity contribution in [1.29, 1.82) is 0 Å². The molecule has 0 atom stereocenters. The summed E-state index contributed by atoms with van der Waals surface area (Å²) in [5, 5.41) is 6.99. The Morgan fingerprint density at radius 3 is 2.39 bits per heavy atom. The molecule has 252 valence electrons. The van der Waals surface area contributed by atoms with Gasteiger partial charge in [0.2, 0.25) is 0 Å². The number of aromatic nitrogens is 1. The summed E-state index contributed by atoms with van der Waals surface area (Å²) in [6, 6.07) is 26.3. The third-order valence-electron chi connectivity index (χ3n) is 7.60. The number of benzene rings is 3. The first-order valence-corrected chi connectivity index (χ1v) is 15.9. The largest absolute Gasteiger partial charge is 0.490 e. The van der Waals surface area contributed by atoms with E-state index in [2.05, 4.69) is 53.0 Å². The van der Waals surface area contributed by atoms with Gasteiger partial charge in [-0.15, -0.1) is 6.58 Å². The molecule has 0 unspecified atom stereocenters. The maximum atomic E-state index is 12.8. The molecule has 3 aromatic carbocycles. The highest BCUT2D eigenvalue weighted by molar-refractivity contribution is 5.93. The Labute approximate surface area is 286 Å². The number of hydrogen-bond acceptors (Lipinski definition) is 7. The number of amides is 2. The fourth-order valence-corrected chi connectivity index (χ4v) is 5.25. The summed E-state index contributed by atoms with van der Waals surface area (Å²) in [5.41, 5.74) is 8.94. The fraction of sp³-hybridized carbons (Fsp3) is 0.205.